The molecule has 0 radical (unpaired) electrons. The summed E-state index contributed by atoms with van der Waals surface area (Å²) >= 11 is 0. The molecule has 0 saturated carbocycles. The van der Waals surface area contributed by atoms with Gasteiger partial charge >= 0.3 is 18.0 Å². The molecule has 0 unspecified atom stereocenters. The minimum atomic E-state index is -1.41. The highest BCUT2D eigenvalue weighted by Crippen LogP contribution is 2.13. The van der Waals surface area contributed by atoms with E-state index in [-0.39, 0.29) is 12.1 Å². The number of nitrogens with one attached hydrogen (secondary N) is 2. The molecule has 0 fully saturated rings. The molecule has 1 atom stereocenters. The van der Waals surface area contributed by atoms with E-state index in [0.29, 0.717) is 0 Å². The minimum absolute atomic E-state index is 0.0752. The van der Waals surface area contributed by atoms with Crippen LogP contribution in [0, 0.1) is 11.6 Å². The van der Waals surface area contributed by atoms with E-state index in [1.807, 2.05) is 5.32 Å². The molecule has 0 aromatic heterocycles. The summed E-state index contributed by atoms with van der Waals surface area (Å²) in [4.78, 5) is 32.7. The third-order valence-corrected chi connectivity index (χ3v) is 2.43. The first-order chi connectivity index (χ1) is 9.79. The first-order valence-electron chi connectivity index (χ1n) is 5.76. The van der Waals surface area contributed by atoms with Gasteiger partial charge in [-0.3, -0.25) is 4.79 Å². The van der Waals surface area contributed by atoms with Gasteiger partial charge in [0.1, 0.15) is 6.04 Å². The lowest BCUT2D eigenvalue weighted by molar-refractivity contribution is -0.140. The zero-order chi connectivity index (χ0) is 16.0. The van der Waals surface area contributed by atoms with Crippen molar-refractivity contribution in [1.82, 2.24) is 5.32 Å². The quantitative estimate of drug-likeness (QED) is 0.634. The highest BCUT2D eigenvalue weighted by Gasteiger charge is 2.21. The largest absolute Gasteiger partial charge is 0.481 e. The number of carboxylic acid groups (broad SMARTS) is 2. The van der Waals surface area contributed by atoms with E-state index in [0.717, 1.165) is 18.2 Å². The van der Waals surface area contributed by atoms with Gasteiger partial charge in [0.25, 0.3) is 0 Å². The molecule has 0 bridgehead atoms. The summed E-state index contributed by atoms with van der Waals surface area (Å²) in [6, 6.07) is 0.224. The predicted molar refractivity (Wildman–Crippen MR) is 66.8 cm³/mol. The minimum Gasteiger partial charge on any atom is -0.481 e. The zero-order valence-electron chi connectivity index (χ0n) is 10.6. The van der Waals surface area contributed by atoms with Crippen molar-refractivity contribution in [2.75, 3.05) is 5.32 Å². The molecule has 0 heterocycles. The average Bonchev–Trinajstić information content (AvgIpc) is 2.38. The Hall–Kier alpha value is -2.71. The lowest BCUT2D eigenvalue weighted by atomic mass is 10.1. The van der Waals surface area contributed by atoms with Gasteiger partial charge in [0.05, 0.1) is 0 Å². The highest BCUT2D eigenvalue weighted by atomic mass is 19.2. The summed E-state index contributed by atoms with van der Waals surface area (Å²) in [5.41, 5.74) is -0.0752. The molecule has 1 aromatic rings. The molecule has 0 spiro atoms. The van der Waals surface area contributed by atoms with Gasteiger partial charge in [-0.05, 0) is 18.6 Å². The molecule has 9 heteroatoms. The summed E-state index contributed by atoms with van der Waals surface area (Å²) in [5.74, 6) is -4.87. The van der Waals surface area contributed by atoms with Crippen LogP contribution in [-0.2, 0) is 9.59 Å². The monoisotopic (exact) mass is 302 g/mol. The van der Waals surface area contributed by atoms with E-state index < -0.39 is 42.1 Å². The summed E-state index contributed by atoms with van der Waals surface area (Å²) in [6.07, 6.45) is -0.752. The molecule has 0 aliphatic carbocycles. The molecule has 21 heavy (non-hydrogen) atoms. The second-order valence-electron chi connectivity index (χ2n) is 4.05. The van der Waals surface area contributed by atoms with Gasteiger partial charge in [0.2, 0.25) is 0 Å². The van der Waals surface area contributed by atoms with Crippen LogP contribution < -0.4 is 10.6 Å². The Bertz CT molecular complexity index is 565. The van der Waals surface area contributed by atoms with Gasteiger partial charge in [-0.2, -0.15) is 0 Å². The third-order valence-electron chi connectivity index (χ3n) is 2.43. The Labute approximate surface area is 117 Å². The molecular formula is C12H12F2N2O5. The number of amides is 2. The highest BCUT2D eigenvalue weighted by molar-refractivity contribution is 5.92. The predicted octanol–water partition coefficient (Wildman–Crippen LogP) is 1.40. The number of carboxylic acids is 2. The van der Waals surface area contributed by atoms with Gasteiger partial charge in [0, 0.05) is 18.2 Å². The number of aliphatic carboxylic acids is 2. The maximum atomic E-state index is 12.9. The van der Waals surface area contributed by atoms with Crippen molar-refractivity contribution in [3.8, 4) is 0 Å². The standard InChI is InChI=1S/C12H12F2N2O5/c13-7-2-1-6(5-8(7)14)15-12(21)16-9(11(19)20)3-4-10(17)18/h1-2,5,9H,3-4H2,(H,17,18)(H,19,20)(H2,15,16,21)/t9-/m0/s1. The molecule has 4 N–H and O–H groups in total. The number of urea groups is 1. The summed E-state index contributed by atoms with van der Waals surface area (Å²) in [7, 11) is 0. The van der Waals surface area contributed by atoms with Crippen molar-refractivity contribution in [3.63, 3.8) is 0 Å². The number of hydrogen-bond donors (Lipinski definition) is 4. The third kappa shape index (κ3) is 5.43. The maximum absolute atomic E-state index is 12.9. The summed E-state index contributed by atoms with van der Waals surface area (Å²) < 4.78 is 25.6. The van der Waals surface area contributed by atoms with Gasteiger partial charge in [-0.25, -0.2) is 18.4 Å². The molecule has 0 aliphatic heterocycles. The van der Waals surface area contributed by atoms with Crippen molar-refractivity contribution in [1.29, 1.82) is 0 Å². The average molecular weight is 302 g/mol. The van der Waals surface area contributed by atoms with Crippen LogP contribution in [0.3, 0.4) is 0 Å². The first kappa shape index (κ1) is 16.3. The van der Waals surface area contributed by atoms with Gasteiger partial charge in [0.15, 0.2) is 11.6 Å². The van der Waals surface area contributed by atoms with Crippen LogP contribution in [0.15, 0.2) is 18.2 Å². The van der Waals surface area contributed by atoms with Crippen LogP contribution >= 0.6 is 0 Å². The Morgan fingerprint density at radius 1 is 1.14 bits per heavy atom. The van der Waals surface area contributed by atoms with Crippen LogP contribution in [0.25, 0.3) is 0 Å². The van der Waals surface area contributed by atoms with Crippen LogP contribution in [0.5, 0.6) is 0 Å². The number of benzene rings is 1. The van der Waals surface area contributed by atoms with E-state index in [2.05, 4.69) is 5.32 Å². The van der Waals surface area contributed by atoms with Crippen molar-refractivity contribution in [2.45, 2.75) is 18.9 Å². The first-order valence-corrected chi connectivity index (χ1v) is 5.76. The van der Waals surface area contributed by atoms with E-state index in [1.54, 1.807) is 0 Å². The lowest BCUT2D eigenvalue weighted by Crippen LogP contribution is -2.43. The summed E-state index contributed by atoms with van der Waals surface area (Å²) in [6.45, 7) is 0. The number of anilines is 1. The van der Waals surface area contributed by atoms with E-state index in [4.69, 9.17) is 10.2 Å². The van der Waals surface area contributed by atoms with Crippen molar-refractivity contribution in [2.24, 2.45) is 0 Å². The molecule has 7 nitrogen and oxygen atoms in total. The molecule has 2 amide bonds. The fourth-order valence-corrected chi connectivity index (χ4v) is 1.42. The van der Waals surface area contributed by atoms with Crippen LogP contribution in [0.4, 0.5) is 19.3 Å². The van der Waals surface area contributed by atoms with Gasteiger partial charge in [-0.15, -0.1) is 0 Å². The number of carbonyl (C=O) groups is 3. The second kappa shape index (κ2) is 7.17. The Morgan fingerprint density at radius 3 is 2.33 bits per heavy atom. The molecule has 1 aromatic carbocycles. The van der Waals surface area contributed by atoms with Crippen molar-refractivity contribution in [3.05, 3.63) is 29.8 Å². The fraction of sp³-hybridized carbons (Fsp3) is 0.250. The van der Waals surface area contributed by atoms with E-state index in [9.17, 15) is 23.2 Å². The maximum Gasteiger partial charge on any atom is 0.326 e. The van der Waals surface area contributed by atoms with Crippen LogP contribution in [0.2, 0.25) is 0 Å². The lowest BCUT2D eigenvalue weighted by Gasteiger charge is -2.14. The molecular weight excluding hydrogens is 290 g/mol. The van der Waals surface area contributed by atoms with E-state index >= 15 is 0 Å². The molecule has 0 saturated heterocycles. The SMILES string of the molecule is O=C(O)CC[C@H](NC(=O)Nc1ccc(F)c(F)c1)C(=O)O. The number of carbonyl (C=O) groups excluding carboxylic acids is 1. The van der Waals surface area contributed by atoms with E-state index in [1.165, 1.54) is 0 Å². The van der Waals surface area contributed by atoms with Crippen molar-refractivity contribution < 1.29 is 33.4 Å². The molecule has 0 aliphatic rings. The summed E-state index contributed by atoms with van der Waals surface area (Å²) in [5, 5.41) is 21.4. The Balaban J connectivity index is 2.62. The number of rotatable bonds is 6. The number of hydrogen-bond acceptors (Lipinski definition) is 3. The Kier molecular flexibility index (Phi) is 5.58. The van der Waals surface area contributed by atoms with Gasteiger partial charge < -0.3 is 20.8 Å². The van der Waals surface area contributed by atoms with Crippen LogP contribution in [-0.4, -0.2) is 34.2 Å². The van der Waals surface area contributed by atoms with Crippen molar-refractivity contribution >= 4 is 23.7 Å². The normalized spacial score (nSPS) is 11.5. The molecule has 114 valence electrons. The zero-order valence-corrected chi connectivity index (χ0v) is 10.6. The molecule has 1 rings (SSSR count). The fourth-order valence-electron chi connectivity index (χ4n) is 1.42. The number of halogens is 2. The smallest absolute Gasteiger partial charge is 0.326 e. The van der Waals surface area contributed by atoms with Gasteiger partial charge in [-0.1, -0.05) is 0 Å². The topological polar surface area (TPSA) is 116 Å². The van der Waals surface area contributed by atoms with Crippen LogP contribution in [0.1, 0.15) is 12.8 Å². The Morgan fingerprint density at radius 2 is 1.81 bits per heavy atom. The second-order valence-corrected chi connectivity index (χ2v) is 4.05.